The van der Waals surface area contributed by atoms with Crippen LogP contribution in [0.1, 0.15) is 51.3 Å². The van der Waals surface area contributed by atoms with Gasteiger partial charge in [0.15, 0.2) is 11.5 Å². The molecule has 2 N–H and O–H groups in total. The molecule has 11 heteroatoms. The van der Waals surface area contributed by atoms with E-state index in [-0.39, 0.29) is 27.8 Å². The highest BCUT2D eigenvalue weighted by Gasteiger charge is 2.18. The van der Waals surface area contributed by atoms with Crippen molar-refractivity contribution in [3.63, 3.8) is 0 Å². The number of benzene rings is 4. The summed E-state index contributed by atoms with van der Waals surface area (Å²) in [4.78, 5) is 41.3. The molecule has 242 valence electrons. The molecule has 0 saturated carbocycles. The van der Waals surface area contributed by atoms with Gasteiger partial charge in [-0.25, -0.2) is 10.2 Å². The van der Waals surface area contributed by atoms with E-state index >= 15 is 0 Å². The highest BCUT2D eigenvalue weighted by atomic mass is 79.9. The van der Waals surface area contributed by atoms with Crippen LogP contribution in [0.5, 0.6) is 11.5 Å². The molecular weight excluding hydrogens is 684 g/mol. The van der Waals surface area contributed by atoms with Crippen LogP contribution in [0.25, 0.3) is 6.08 Å². The van der Waals surface area contributed by atoms with Crippen LogP contribution in [-0.2, 0) is 4.79 Å². The minimum atomic E-state index is -0.663. The van der Waals surface area contributed by atoms with Gasteiger partial charge in [-0.2, -0.15) is 5.10 Å². The second kappa shape index (κ2) is 16.6. The highest BCUT2D eigenvalue weighted by molar-refractivity contribution is 9.10. The maximum Gasteiger partial charge on any atom is 0.343 e. The second-order valence-corrected chi connectivity index (χ2v) is 11.5. The number of ether oxygens (including phenoxy) is 2. The number of halogens is 2. The van der Waals surface area contributed by atoms with Crippen molar-refractivity contribution in [3.8, 4) is 11.5 Å². The van der Waals surface area contributed by atoms with E-state index in [0.29, 0.717) is 21.2 Å². The average Bonchev–Trinajstić information content (AvgIpc) is 3.07. The molecule has 4 aromatic rings. The Hall–Kier alpha value is -4.93. The number of hydrazone groups is 1. The number of carbonyl (C=O) groups is 3. The van der Waals surface area contributed by atoms with Crippen molar-refractivity contribution in [1.29, 1.82) is 0 Å². The Morgan fingerprint density at radius 1 is 0.936 bits per heavy atom. The van der Waals surface area contributed by atoms with E-state index in [0.717, 1.165) is 24.3 Å². The zero-order valence-corrected chi connectivity index (χ0v) is 28.7. The second-order valence-electron chi connectivity index (χ2n) is 10.2. The van der Waals surface area contributed by atoms with E-state index < -0.39 is 17.8 Å². The highest BCUT2D eigenvalue weighted by Crippen LogP contribution is 2.37. The van der Waals surface area contributed by atoms with E-state index in [9.17, 15) is 14.4 Å². The number of anilines is 1. The quantitative estimate of drug-likeness (QED) is 0.0520. The van der Waals surface area contributed by atoms with Gasteiger partial charge in [0, 0.05) is 18.8 Å². The number of rotatable bonds is 12. The predicted octanol–water partition coefficient (Wildman–Crippen LogP) is 7.41. The summed E-state index contributed by atoms with van der Waals surface area (Å²) in [5, 5.41) is 7.01. The summed E-state index contributed by atoms with van der Waals surface area (Å²) in [6.07, 6.45) is 2.95. The number of nitrogens with one attached hydrogen (secondary N) is 2. The molecule has 2 amide bonds. The number of aryl methyl sites for hydroxylation is 1. The first-order valence-corrected chi connectivity index (χ1v) is 15.9. The van der Waals surface area contributed by atoms with Gasteiger partial charge in [-0.05, 0) is 102 Å². The topological polar surface area (TPSA) is 109 Å². The van der Waals surface area contributed by atoms with Crippen molar-refractivity contribution in [3.05, 3.63) is 128 Å². The van der Waals surface area contributed by atoms with Gasteiger partial charge in [0.1, 0.15) is 5.70 Å². The van der Waals surface area contributed by atoms with Gasteiger partial charge >= 0.3 is 5.97 Å². The van der Waals surface area contributed by atoms with E-state index in [1.165, 1.54) is 13.3 Å². The van der Waals surface area contributed by atoms with Gasteiger partial charge in [0.05, 0.1) is 33.9 Å². The fraction of sp³-hybridized carbons (Fsp3) is 0.167. The van der Waals surface area contributed by atoms with E-state index in [1.807, 2.05) is 43.3 Å². The molecule has 0 bridgehead atoms. The van der Waals surface area contributed by atoms with Crippen molar-refractivity contribution >= 4 is 63.3 Å². The van der Waals surface area contributed by atoms with Gasteiger partial charge in [-0.1, -0.05) is 53.6 Å². The first kappa shape index (κ1) is 34.9. The summed E-state index contributed by atoms with van der Waals surface area (Å²) in [6.45, 7) is 7.80. The van der Waals surface area contributed by atoms with Crippen LogP contribution in [-0.4, -0.2) is 44.2 Å². The van der Waals surface area contributed by atoms with Crippen molar-refractivity contribution < 1.29 is 23.9 Å². The van der Waals surface area contributed by atoms with Crippen molar-refractivity contribution in [2.24, 2.45) is 5.10 Å². The normalized spacial score (nSPS) is 11.2. The van der Waals surface area contributed by atoms with Gasteiger partial charge in [-0.3, -0.25) is 9.59 Å². The Morgan fingerprint density at radius 2 is 1.62 bits per heavy atom. The molecule has 0 spiro atoms. The van der Waals surface area contributed by atoms with Crippen LogP contribution in [0, 0.1) is 6.92 Å². The van der Waals surface area contributed by atoms with E-state index in [1.54, 1.807) is 54.6 Å². The van der Waals surface area contributed by atoms with Crippen LogP contribution in [0.3, 0.4) is 0 Å². The van der Waals surface area contributed by atoms with Crippen LogP contribution < -0.4 is 25.1 Å². The Kier molecular flexibility index (Phi) is 12.3. The summed E-state index contributed by atoms with van der Waals surface area (Å²) >= 11 is 9.66. The number of hydrogen-bond acceptors (Lipinski definition) is 7. The Bertz CT molecular complexity index is 1800. The Morgan fingerprint density at radius 3 is 2.26 bits per heavy atom. The lowest BCUT2D eigenvalue weighted by atomic mass is 10.1. The molecule has 0 aromatic heterocycles. The summed E-state index contributed by atoms with van der Waals surface area (Å²) in [5.74, 6) is -1.29. The predicted molar refractivity (Wildman–Crippen MR) is 189 cm³/mol. The van der Waals surface area contributed by atoms with Gasteiger partial charge in [-0.15, -0.1) is 0 Å². The zero-order valence-electron chi connectivity index (χ0n) is 26.3. The third-order valence-electron chi connectivity index (χ3n) is 7.06. The molecular formula is C36H34BrClN4O5. The molecule has 4 rings (SSSR count). The SMILES string of the molecule is CCN(CC)c1ccc(C=C(NC(=O)c2ccccc2Cl)C(=O)NN=Cc2cc(Br)c(OC(=O)c3ccc(C)cc3)c(OC)c2)cc1. The summed E-state index contributed by atoms with van der Waals surface area (Å²) in [6, 6.07) is 24.5. The zero-order chi connectivity index (χ0) is 33.9. The van der Waals surface area contributed by atoms with Crippen molar-refractivity contribution in [2.75, 3.05) is 25.1 Å². The van der Waals surface area contributed by atoms with Gasteiger partial charge in [0.2, 0.25) is 0 Å². The number of nitrogens with zero attached hydrogens (tertiary/aromatic N) is 2. The lowest BCUT2D eigenvalue weighted by Gasteiger charge is -2.21. The van der Waals surface area contributed by atoms with Crippen molar-refractivity contribution in [1.82, 2.24) is 10.7 Å². The van der Waals surface area contributed by atoms with Crippen LogP contribution >= 0.6 is 27.5 Å². The number of esters is 1. The third kappa shape index (κ3) is 9.31. The molecule has 0 aliphatic rings. The molecule has 4 aromatic carbocycles. The van der Waals surface area contributed by atoms with E-state index in [4.69, 9.17) is 21.1 Å². The average molecular weight is 718 g/mol. The largest absolute Gasteiger partial charge is 0.493 e. The smallest absolute Gasteiger partial charge is 0.343 e. The molecule has 0 atom stereocenters. The van der Waals surface area contributed by atoms with Gasteiger partial charge < -0.3 is 19.7 Å². The molecule has 0 fully saturated rings. The molecule has 0 aliphatic carbocycles. The monoisotopic (exact) mass is 716 g/mol. The van der Waals surface area contributed by atoms with Crippen LogP contribution in [0.15, 0.2) is 100 Å². The summed E-state index contributed by atoms with van der Waals surface area (Å²) in [5.41, 5.74) is 6.32. The molecule has 0 radical (unpaired) electrons. The maximum absolute atomic E-state index is 13.3. The standard InChI is InChI=1S/C36H34BrClN4O5/c1-5-42(6-2)27-17-13-24(14-18-27)20-31(40-34(43)28-9-7-8-10-30(28)38)35(44)41-39-22-25-19-29(37)33(32(21-25)46-4)47-36(45)26-15-11-23(3)12-16-26/h7-22H,5-6H2,1-4H3,(H,40,43)(H,41,44). The Balaban J connectivity index is 1.54. The van der Waals surface area contributed by atoms with Crippen molar-refractivity contribution in [2.45, 2.75) is 20.8 Å². The van der Waals surface area contributed by atoms with E-state index in [2.05, 4.69) is 50.5 Å². The molecule has 9 nitrogen and oxygen atoms in total. The molecule has 47 heavy (non-hydrogen) atoms. The van der Waals surface area contributed by atoms with Gasteiger partial charge in [0.25, 0.3) is 11.8 Å². The Labute approximate surface area is 287 Å². The first-order valence-electron chi connectivity index (χ1n) is 14.8. The van der Waals surface area contributed by atoms with Crippen LogP contribution in [0.4, 0.5) is 5.69 Å². The molecule has 0 unspecified atom stereocenters. The number of hydrogen-bond donors (Lipinski definition) is 2. The molecule has 0 aliphatic heterocycles. The number of amides is 2. The molecule has 0 heterocycles. The minimum absolute atomic E-state index is 0.0419. The third-order valence-corrected chi connectivity index (χ3v) is 7.98. The number of carbonyl (C=O) groups excluding carboxylic acids is 3. The lowest BCUT2D eigenvalue weighted by molar-refractivity contribution is -0.117. The summed E-state index contributed by atoms with van der Waals surface area (Å²) in [7, 11) is 1.45. The number of methoxy groups -OCH3 is 1. The maximum atomic E-state index is 13.3. The molecule has 0 saturated heterocycles. The first-order chi connectivity index (χ1) is 22.6. The van der Waals surface area contributed by atoms with Crippen LogP contribution in [0.2, 0.25) is 5.02 Å². The summed E-state index contributed by atoms with van der Waals surface area (Å²) < 4.78 is 11.5. The fourth-order valence-corrected chi connectivity index (χ4v) is 5.27. The fourth-order valence-electron chi connectivity index (χ4n) is 4.51. The lowest BCUT2D eigenvalue weighted by Crippen LogP contribution is -2.33. The minimum Gasteiger partial charge on any atom is -0.493 e.